The Kier molecular flexibility index (Phi) is 4.35. The molecular formula is C10H17ClN2O3Si. The van der Waals surface area contributed by atoms with E-state index < -0.39 is 19.3 Å². The van der Waals surface area contributed by atoms with Crippen molar-refractivity contribution >= 4 is 19.7 Å². The molecule has 0 amide bonds. The minimum Gasteiger partial charge on any atom is -0.361 e. The van der Waals surface area contributed by atoms with Crippen molar-refractivity contribution in [2.75, 3.05) is 0 Å². The number of H-pyrrole nitrogens is 1. The van der Waals surface area contributed by atoms with Crippen LogP contribution < -0.4 is 11.2 Å². The molecule has 96 valence electrons. The Balaban J connectivity index is 2.88. The van der Waals surface area contributed by atoms with E-state index >= 15 is 0 Å². The lowest BCUT2D eigenvalue weighted by Crippen LogP contribution is -2.42. The Labute approximate surface area is 105 Å². The summed E-state index contributed by atoms with van der Waals surface area (Å²) in [5.41, 5.74) is -0.992. The number of hydrogen-bond acceptors (Lipinski definition) is 3. The molecule has 0 aliphatic heterocycles. The number of nitrogens with zero attached hydrogens (tertiary/aromatic N) is 1. The Morgan fingerprint density at radius 1 is 1.47 bits per heavy atom. The van der Waals surface area contributed by atoms with Gasteiger partial charge in [-0.1, -0.05) is 31.2 Å². The van der Waals surface area contributed by atoms with Crippen LogP contribution in [0.4, 0.5) is 0 Å². The summed E-state index contributed by atoms with van der Waals surface area (Å²) in [6.45, 7) is 8.35. The van der Waals surface area contributed by atoms with E-state index in [0.717, 1.165) is 4.57 Å². The van der Waals surface area contributed by atoms with E-state index in [9.17, 15) is 9.59 Å². The normalized spacial score (nSPS) is 13.7. The number of aromatic nitrogens is 2. The molecule has 0 saturated heterocycles. The first-order valence-electron chi connectivity index (χ1n) is 5.33. The number of ether oxygens (including phenoxy) is 1. The summed E-state index contributed by atoms with van der Waals surface area (Å²) in [7, 11) is -1.45. The van der Waals surface area contributed by atoms with Gasteiger partial charge >= 0.3 is 5.69 Å². The van der Waals surface area contributed by atoms with E-state index in [2.05, 4.69) is 24.6 Å². The summed E-state index contributed by atoms with van der Waals surface area (Å²) in [4.78, 5) is 25.4. The van der Waals surface area contributed by atoms with Gasteiger partial charge in [0.25, 0.3) is 5.56 Å². The van der Waals surface area contributed by atoms with Crippen LogP contribution in [-0.2, 0) is 11.5 Å². The molecule has 1 N–H and O–H groups in total. The number of aromatic amines is 1. The molecule has 1 atom stereocenters. The third-order valence-corrected chi connectivity index (χ3v) is 5.57. The van der Waals surface area contributed by atoms with Crippen molar-refractivity contribution in [1.82, 2.24) is 9.55 Å². The van der Waals surface area contributed by atoms with E-state index in [0.29, 0.717) is 0 Å². The molecule has 7 heteroatoms. The summed E-state index contributed by atoms with van der Waals surface area (Å²) in [6.07, 6.45) is 1.19. The van der Waals surface area contributed by atoms with Crippen molar-refractivity contribution < 1.29 is 4.74 Å². The van der Waals surface area contributed by atoms with E-state index in [-0.39, 0.29) is 17.5 Å². The highest BCUT2D eigenvalue weighted by molar-refractivity contribution is 6.77. The average Bonchev–Trinajstić information content (AvgIpc) is 2.22. The SMILES string of the molecule is CC(OCn1c(=O)[nH]cc(Cl)c1=O)[Si](C)(C)C. The van der Waals surface area contributed by atoms with Crippen LogP contribution in [-0.4, -0.2) is 23.4 Å². The maximum atomic E-state index is 11.6. The first kappa shape index (κ1) is 14.2. The van der Waals surface area contributed by atoms with Gasteiger partial charge in [0.15, 0.2) is 0 Å². The molecule has 1 rings (SSSR count). The second kappa shape index (κ2) is 5.20. The molecule has 1 unspecified atom stereocenters. The van der Waals surface area contributed by atoms with Crippen molar-refractivity contribution in [3.8, 4) is 0 Å². The standard InChI is InChI=1S/C10H17ClN2O3Si/c1-7(17(2,3)4)16-6-13-9(14)8(11)5-12-10(13)15/h5,7H,6H2,1-4H3,(H,12,15). The summed E-state index contributed by atoms with van der Waals surface area (Å²) < 4.78 is 6.51. The van der Waals surface area contributed by atoms with Gasteiger partial charge in [-0.15, -0.1) is 0 Å². The molecule has 0 saturated carbocycles. The molecule has 5 nitrogen and oxygen atoms in total. The van der Waals surface area contributed by atoms with Gasteiger partial charge < -0.3 is 9.72 Å². The van der Waals surface area contributed by atoms with Crippen LogP contribution in [0.2, 0.25) is 24.7 Å². The maximum Gasteiger partial charge on any atom is 0.330 e. The van der Waals surface area contributed by atoms with Gasteiger partial charge in [-0.3, -0.25) is 4.79 Å². The molecule has 0 aliphatic rings. The third kappa shape index (κ3) is 3.55. The van der Waals surface area contributed by atoms with Gasteiger partial charge in [-0.25, -0.2) is 9.36 Å². The van der Waals surface area contributed by atoms with Gasteiger partial charge in [0, 0.05) is 11.9 Å². The van der Waals surface area contributed by atoms with Gasteiger partial charge in [-0.2, -0.15) is 0 Å². The highest BCUT2D eigenvalue weighted by Crippen LogP contribution is 2.10. The monoisotopic (exact) mass is 276 g/mol. The summed E-state index contributed by atoms with van der Waals surface area (Å²) in [6, 6.07) is 0. The average molecular weight is 277 g/mol. The summed E-state index contributed by atoms with van der Waals surface area (Å²) >= 11 is 5.64. The minimum absolute atomic E-state index is 0.0196. The van der Waals surface area contributed by atoms with Gasteiger partial charge in [0.1, 0.15) is 11.8 Å². The van der Waals surface area contributed by atoms with Crippen LogP contribution in [0.25, 0.3) is 0 Å². The molecule has 1 aromatic heterocycles. The largest absolute Gasteiger partial charge is 0.361 e. The van der Waals surface area contributed by atoms with Crippen LogP contribution in [0.1, 0.15) is 6.92 Å². The molecule has 17 heavy (non-hydrogen) atoms. The van der Waals surface area contributed by atoms with Crippen molar-refractivity contribution in [2.45, 2.75) is 39.0 Å². The van der Waals surface area contributed by atoms with Crippen molar-refractivity contribution in [1.29, 1.82) is 0 Å². The van der Waals surface area contributed by atoms with Gasteiger partial charge in [0.05, 0.1) is 8.07 Å². The van der Waals surface area contributed by atoms with E-state index in [1.807, 2.05) is 6.92 Å². The predicted molar refractivity (Wildman–Crippen MR) is 70.2 cm³/mol. The van der Waals surface area contributed by atoms with E-state index in [4.69, 9.17) is 16.3 Å². The van der Waals surface area contributed by atoms with Crippen LogP contribution in [0, 0.1) is 0 Å². The Morgan fingerprint density at radius 3 is 2.59 bits per heavy atom. The fourth-order valence-electron chi connectivity index (χ4n) is 1.04. The summed E-state index contributed by atoms with van der Waals surface area (Å²) in [5, 5.41) is -0.0196. The zero-order valence-electron chi connectivity index (χ0n) is 10.4. The smallest absolute Gasteiger partial charge is 0.330 e. The van der Waals surface area contributed by atoms with Crippen LogP contribution in [0.5, 0.6) is 0 Å². The van der Waals surface area contributed by atoms with Crippen molar-refractivity contribution in [2.24, 2.45) is 0 Å². The van der Waals surface area contributed by atoms with Crippen molar-refractivity contribution in [3.63, 3.8) is 0 Å². The fourth-order valence-corrected chi connectivity index (χ4v) is 1.77. The number of hydrogen-bond donors (Lipinski definition) is 1. The number of rotatable bonds is 4. The predicted octanol–water partition coefficient (Wildman–Crippen LogP) is 1.43. The fraction of sp³-hybridized carbons (Fsp3) is 0.600. The first-order chi connectivity index (χ1) is 7.73. The molecule has 0 fully saturated rings. The minimum atomic E-state index is -1.45. The highest BCUT2D eigenvalue weighted by atomic mass is 35.5. The quantitative estimate of drug-likeness (QED) is 0.846. The lowest BCUT2D eigenvalue weighted by Gasteiger charge is -2.25. The maximum absolute atomic E-state index is 11.6. The second-order valence-corrected chi connectivity index (χ2v) is 10.9. The van der Waals surface area contributed by atoms with Crippen LogP contribution in [0.15, 0.2) is 15.8 Å². The highest BCUT2D eigenvalue weighted by Gasteiger charge is 2.23. The molecule has 1 heterocycles. The topological polar surface area (TPSA) is 64.1 Å². The molecular weight excluding hydrogens is 260 g/mol. The Morgan fingerprint density at radius 2 is 2.06 bits per heavy atom. The lowest BCUT2D eigenvalue weighted by molar-refractivity contribution is 0.0517. The molecule has 0 spiro atoms. The molecule has 1 aromatic rings. The zero-order chi connectivity index (χ0) is 13.2. The number of nitrogens with one attached hydrogen (secondary N) is 1. The second-order valence-electron chi connectivity index (χ2n) is 4.98. The molecule has 0 radical (unpaired) electrons. The zero-order valence-corrected chi connectivity index (χ0v) is 12.2. The Hall–Kier alpha value is -0.853. The molecule has 0 aliphatic carbocycles. The van der Waals surface area contributed by atoms with Gasteiger partial charge in [0.2, 0.25) is 0 Å². The van der Waals surface area contributed by atoms with Gasteiger partial charge in [-0.05, 0) is 6.92 Å². The summed E-state index contributed by atoms with van der Waals surface area (Å²) in [5.74, 6) is 0. The van der Waals surface area contributed by atoms with Crippen LogP contribution >= 0.6 is 11.6 Å². The third-order valence-electron chi connectivity index (χ3n) is 2.69. The lowest BCUT2D eigenvalue weighted by atomic mass is 10.6. The molecule has 0 bridgehead atoms. The number of halogens is 1. The van der Waals surface area contributed by atoms with E-state index in [1.54, 1.807) is 0 Å². The van der Waals surface area contributed by atoms with E-state index in [1.165, 1.54) is 6.20 Å². The van der Waals surface area contributed by atoms with Crippen molar-refractivity contribution in [3.05, 3.63) is 32.1 Å². The van der Waals surface area contributed by atoms with Crippen LogP contribution in [0.3, 0.4) is 0 Å². The molecule has 0 aromatic carbocycles. The Bertz CT molecular complexity index is 503. The first-order valence-corrected chi connectivity index (χ1v) is 9.28.